The Kier molecular flexibility index (Phi) is 7.09. The summed E-state index contributed by atoms with van der Waals surface area (Å²) in [5.41, 5.74) is 3.74. The molecule has 0 bridgehead atoms. The first-order valence-electron chi connectivity index (χ1n) is 9.37. The molecule has 3 aromatic carbocycles. The Labute approximate surface area is 175 Å². The molecule has 4 nitrogen and oxygen atoms in total. The van der Waals surface area contributed by atoms with Crippen molar-refractivity contribution in [2.24, 2.45) is 0 Å². The molecule has 1 N–H and O–H groups in total. The first kappa shape index (κ1) is 20.7. The molecule has 0 aliphatic heterocycles. The van der Waals surface area contributed by atoms with E-state index in [1.54, 1.807) is 35.8 Å². The van der Waals surface area contributed by atoms with Crippen LogP contribution in [0.15, 0.2) is 83.8 Å². The number of rotatable bonds is 7. The lowest BCUT2D eigenvalue weighted by Crippen LogP contribution is -2.37. The van der Waals surface area contributed by atoms with Crippen LogP contribution in [0.5, 0.6) is 0 Å². The number of hydrogen-bond acceptors (Lipinski definition) is 3. The predicted molar refractivity (Wildman–Crippen MR) is 119 cm³/mol. The first-order chi connectivity index (χ1) is 14.1. The second kappa shape index (κ2) is 9.94. The van der Waals surface area contributed by atoms with Crippen molar-refractivity contribution in [1.82, 2.24) is 10.2 Å². The molecule has 0 heterocycles. The molecule has 0 saturated heterocycles. The summed E-state index contributed by atoms with van der Waals surface area (Å²) in [5, 5.41) is 2.71. The van der Waals surface area contributed by atoms with Crippen molar-refractivity contribution in [1.29, 1.82) is 0 Å². The maximum absolute atomic E-state index is 12.4. The molecule has 0 aromatic heterocycles. The molecule has 0 atom stereocenters. The van der Waals surface area contributed by atoms with Gasteiger partial charge in [-0.15, -0.1) is 11.8 Å². The summed E-state index contributed by atoms with van der Waals surface area (Å²) >= 11 is 1.68. The van der Waals surface area contributed by atoms with Gasteiger partial charge in [-0.25, -0.2) is 0 Å². The van der Waals surface area contributed by atoms with Crippen LogP contribution in [0.4, 0.5) is 0 Å². The summed E-state index contributed by atoms with van der Waals surface area (Å²) in [6.45, 7) is 0.480. The van der Waals surface area contributed by atoms with Crippen molar-refractivity contribution in [2.45, 2.75) is 11.4 Å². The molecule has 0 spiro atoms. The van der Waals surface area contributed by atoms with E-state index in [1.807, 2.05) is 73.0 Å². The van der Waals surface area contributed by atoms with Crippen LogP contribution in [0, 0.1) is 0 Å². The molecule has 0 aliphatic carbocycles. The van der Waals surface area contributed by atoms with Crippen LogP contribution in [-0.2, 0) is 11.3 Å². The normalized spacial score (nSPS) is 10.4. The van der Waals surface area contributed by atoms with E-state index in [0.29, 0.717) is 12.1 Å². The molecule has 3 rings (SSSR count). The topological polar surface area (TPSA) is 49.4 Å². The summed E-state index contributed by atoms with van der Waals surface area (Å²) in [6.07, 6.45) is 2.03. The number of thioether (sulfide) groups is 1. The molecule has 0 saturated carbocycles. The quantitative estimate of drug-likeness (QED) is 0.592. The minimum atomic E-state index is -0.254. The third kappa shape index (κ3) is 5.72. The van der Waals surface area contributed by atoms with Gasteiger partial charge in [0.2, 0.25) is 5.91 Å². The minimum Gasteiger partial charge on any atom is -0.343 e. The molecule has 148 valence electrons. The highest BCUT2D eigenvalue weighted by atomic mass is 32.2. The van der Waals surface area contributed by atoms with Crippen molar-refractivity contribution >= 4 is 23.6 Å². The van der Waals surface area contributed by atoms with Gasteiger partial charge < -0.3 is 10.2 Å². The molecule has 2 amide bonds. The van der Waals surface area contributed by atoms with E-state index in [-0.39, 0.29) is 18.4 Å². The van der Waals surface area contributed by atoms with E-state index >= 15 is 0 Å². The lowest BCUT2D eigenvalue weighted by atomic mass is 10.0. The number of benzene rings is 3. The van der Waals surface area contributed by atoms with Gasteiger partial charge in [0.1, 0.15) is 0 Å². The Morgan fingerprint density at radius 1 is 0.862 bits per heavy atom. The second-order valence-electron chi connectivity index (χ2n) is 6.72. The third-order valence-corrected chi connectivity index (χ3v) is 5.40. The number of carbonyl (C=O) groups is 2. The molecule has 5 heteroatoms. The van der Waals surface area contributed by atoms with Gasteiger partial charge in [0.05, 0.1) is 6.54 Å². The van der Waals surface area contributed by atoms with Crippen LogP contribution in [-0.4, -0.2) is 36.6 Å². The number of amides is 2. The maximum Gasteiger partial charge on any atom is 0.251 e. The monoisotopic (exact) mass is 404 g/mol. The number of likely N-dealkylation sites (N-methyl/N-ethyl adjacent to an activating group) is 1. The predicted octanol–water partition coefficient (Wildman–Crippen LogP) is 4.46. The average molecular weight is 405 g/mol. The van der Waals surface area contributed by atoms with Crippen molar-refractivity contribution in [2.75, 3.05) is 19.8 Å². The number of nitrogens with one attached hydrogen (secondary N) is 1. The van der Waals surface area contributed by atoms with E-state index in [2.05, 4.69) is 5.32 Å². The van der Waals surface area contributed by atoms with Crippen molar-refractivity contribution < 1.29 is 9.59 Å². The largest absolute Gasteiger partial charge is 0.343 e. The highest BCUT2D eigenvalue weighted by molar-refractivity contribution is 7.98. The fourth-order valence-electron chi connectivity index (χ4n) is 2.93. The van der Waals surface area contributed by atoms with Gasteiger partial charge in [0, 0.05) is 24.1 Å². The molecule has 0 fully saturated rings. The minimum absolute atomic E-state index is 0.0291. The van der Waals surface area contributed by atoms with E-state index in [1.165, 1.54) is 4.90 Å². The molecule has 0 radical (unpaired) electrons. The van der Waals surface area contributed by atoms with Crippen LogP contribution < -0.4 is 5.32 Å². The summed E-state index contributed by atoms with van der Waals surface area (Å²) in [5.74, 6) is -0.385. The Balaban J connectivity index is 1.52. The van der Waals surface area contributed by atoms with Gasteiger partial charge in [-0.1, -0.05) is 54.6 Å². The summed E-state index contributed by atoms with van der Waals surface area (Å²) in [4.78, 5) is 27.5. The van der Waals surface area contributed by atoms with Gasteiger partial charge >= 0.3 is 0 Å². The van der Waals surface area contributed by atoms with E-state index in [0.717, 1.165) is 16.7 Å². The molecule has 0 aliphatic rings. The lowest BCUT2D eigenvalue weighted by molar-refractivity contribution is -0.129. The summed E-state index contributed by atoms with van der Waals surface area (Å²) in [6, 6.07) is 25.5. The lowest BCUT2D eigenvalue weighted by Gasteiger charge is -2.18. The summed E-state index contributed by atoms with van der Waals surface area (Å²) in [7, 11) is 1.74. The Hall–Kier alpha value is -3.05. The highest BCUT2D eigenvalue weighted by Gasteiger charge is 2.12. The number of carbonyl (C=O) groups excluding carboxylic acids is 2. The molecular formula is C24H24N2O2S. The number of hydrogen-bond donors (Lipinski definition) is 1. The van der Waals surface area contributed by atoms with Crippen molar-refractivity contribution in [3.8, 4) is 11.1 Å². The Morgan fingerprint density at radius 3 is 2.10 bits per heavy atom. The van der Waals surface area contributed by atoms with Gasteiger partial charge in [0.25, 0.3) is 5.91 Å². The van der Waals surface area contributed by atoms with Gasteiger partial charge in [-0.2, -0.15) is 0 Å². The van der Waals surface area contributed by atoms with Gasteiger partial charge in [0.15, 0.2) is 0 Å². The number of nitrogens with zero attached hydrogens (tertiary/aromatic N) is 1. The summed E-state index contributed by atoms with van der Waals surface area (Å²) < 4.78 is 0. The van der Waals surface area contributed by atoms with Crippen LogP contribution in [0.25, 0.3) is 11.1 Å². The molecule has 3 aromatic rings. The Bertz CT molecular complexity index is 954. The van der Waals surface area contributed by atoms with Crippen LogP contribution in [0.1, 0.15) is 15.9 Å². The highest BCUT2D eigenvalue weighted by Crippen LogP contribution is 2.19. The third-order valence-electron chi connectivity index (χ3n) is 4.66. The zero-order valence-corrected chi connectivity index (χ0v) is 17.4. The fraction of sp³-hybridized carbons (Fsp3) is 0.167. The fourth-order valence-corrected chi connectivity index (χ4v) is 3.34. The Morgan fingerprint density at radius 2 is 1.48 bits per heavy atom. The molecular weight excluding hydrogens is 380 g/mol. The first-order valence-corrected chi connectivity index (χ1v) is 10.6. The maximum atomic E-state index is 12.4. The molecule has 0 unspecified atom stereocenters. The average Bonchev–Trinajstić information content (AvgIpc) is 2.78. The smallest absolute Gasteiger partial charge is 0.251 e. The SMILES string of the molecule is CSc1ccc(CN(C)C(=O)CNC(=O)c2ccc(-c3ccccc3)cc2)cc1. The second-order valence-corrected chi connectivity index (χ2v) is 7.60. The van der Waals surface area contributed by atoms with E-state index in [9.17, 15) is 9.59 Å². The van der Waals surface area contributed by atoms with E-state index in [4.69, 9.17) is 0 Å². The zero-order chi connectivity index (χ0) is 20.6. The van der Waals surface area contributed by atoms with Crippen LogP contribution >= 0.6 is 11.8 Å². The zero-order valence-electron chi connectivity index (χ0n) is 16.6. The van der Waals surface area contributed by atoms with E-state index < -0.39 is 0 Å². The molecule has 29 heavy (non-hydrogen) atoms. The van der Waals surface area contributed by atoms with Crippen LogP contribution in [0.3, 0.4) is 0 Å². The van der Waals surface area contributed by atoms with Gasteiger partial charge in [-0.05, 0) is 47.2 Å². The van der Waals surface area contributed by atoms with Crippen molar-refractivity contribution in [3.05, 3.63) is 90.0 Å². The van der Waals surface area contributed by atoms with Gasteiger partial charge in [-0.3, -0.25) is 9.59 Å². The standard InChI is InChI=1S/C24H24N2O2S/c1-26(17-18-8-14-22(29-2)15-9-18)23(27)16-25-24(28)21-12-10-20(11-13-21)19-6-4-3-5-7-19/h3-15H,16-17H2,1-2H3,(H,25,28). The van der Waals surface area contributed by atoms with Crippen molar-refractivity contribution in [3.63, 3.8) is 0 Å². The van der Waals surface area contributed by atoms with Crippen LogP contribution in [0.2, 0.25) is 0 Å².